The maximum atomic E-state index is 10.4. The summed E-state index contributed by atoms with van der Waals surface area (Å²) in [7, 11) is 0. The topological polar surface area (TPSA) is 20.3 Å². The van der Waals surface area contributed by atoms with Crippen molar-refractivity contribution in [1.29, 1.82) is 0 Å². The van der Waals surface area contributed by atoms with Crippen LogP contribution >= 0.6 is 0 Å². The second-order valence-corrected chi connectivity index (χ2v) is 3.67. The number of aldehydes is 1. The average molecular weight is 181 g/mol. The molecule has 1 fully saturated rings. The highest BCUT2D eigenvalue weighted by Gasteiger charge is 2.22. The van der Waals surface area contributed by atoms with E-state index in [-0.39, 0.29) is 0 Å². The Morgan fingerprint density at radius 3 is 3.00 bits per heavy atom. The average Bonchev–Trinajstić information content (AvgIpc) is 2.18. The van der Waals surface area contributed by atoms with Crippen molar-refractivity contribution in [2.45, 2.75) is 38.6 Å². The standard InChI is InChI=1S/C11H19NO/c1-3-12-8-5-4-6-11(12)10(2)7-9-13/h9,11H,2-8H2,1H3. The first kappa shape index (κ1) is 10.5. The van der Waals surface area contributed by atoms with E-state index in [9.17, 15) is 4.79 Å². The molecule has 0 saturated carbocycles. The number of rotatable bonds is 4. The van der Waals surface area contributed by atoms with Crippen LogP contribution in [0.15, 0.2) is 12.2 Å². The van der Waals surface area contributed by atoms with Gasteiger partial charge in [-0.15, -0.1) is 0 Å². The van der Waals surface area contributed by atoms with E-state index in [1.54, 1.807) is 0 Å². The van der Waals surface area contributed by atoms with Gasteiger partial charge in [-0.2, -0.15) is 0 Å². The number of likely N-dealkylation sites (N-methyl/N-ethyl adjacent to an activating group) is 1. The fraction of sp³-hybridized carbons (Fsp3) is 0.727. The maximum Gasteiger partial charge on any atom is 0.124 e. The van der Waals surface area contributed by atoms with Crippen LogP contribution in [-0.4, -0.2) is 30.3 Å². The molecule has 0 aliphatic carbocycles. The Morgan fingerprint density at radius 1 is 1.62 bits per heavy atom. The molecule has 1 saturated heterocycles. The predicted molar refractivity (Wildman–Crippen MR) is 54.7 cm³/mol. The summed E-state index contributed by atoms with van der Waals surface area (Å²) in [6.45, 7) is 8.40. The van der Waals surface area contributed by atoms with Gasteiger partial charge in [-0.25, -0.2) is 0 Å². The van der Waals surface area contributed by atoms with E-state index in [0.29, 0.717) is 12.5 Å². The molecule has 1 atom stereocenters. The van der Waals surface area contributed by atoms with Gasteiger partial charge in [0.2, 0.25) is 0 Å². The Morgan fingerprint density at radius 2 is 2.38 bits per heavy atom. The third-order valence-electron chi connectivity index (χ3n) is 2.84. The molecule has 0 aromatic rings. The lowest BCUT2D eigenvalue weighted by Crippen LogP contribution is -2.40. The van der Waals surface area contributed by atoms with Crippen molar-refractivity contribution >= 4 is 6.29 Å². The van der Waals surface area contributed by atoms with E-state index >= 15 is 0 Å². The van der Waals surface area contributed by atoms with Crippen molar-refractivity contribution in [3.8, 4) is 0 Å². The highest BCUT2D eigenvalue weighted by Crippen LogP contribution is 2.22. The van der Waals surface area contributed by atoms with Crippen LogP contribution in [0, 0.1) is 0 Å². The number of piperidine rings is 1. The van der Waals surface area contributed by atoms with Crippen LogP contribution in [0.3, 0.4) is 0 Å². The van der Waals surface area contributed by atoms with Crippen molar-refractivity contribution in [3.05, 3.63) is 12.2 Å². The quantitative estimate of drug-likeness (QED) is 0.488. The first-order valence-corrected chi connectivity index (χ1v) is 5.15. The smallest absolute Gasteiger partial charge is 0.124 e. The summed E-state index contributed by atoms with van der Waals surface area (Å²) < 4.78 is 0. The third kappa shape index (κ3) is 2.66. The van der Waals surface area contributed by atoms with Crippen LogP contribution in [0.4, 0.5) is 0 Å². The Hall–Kier alpha value is -0.630. The molecular weight excluding hydrogens is 162 g/mol. The van der Waals surface area contributed by atoms with Crippen LogP contribution in [-0.2, 0) is 4.79 Å². The van der Waals surface area contributed by atoms with Gasteiger partial charge in [0.1, 0.15) is 6.29 Å². The number of hydrogen-bond acceptors (Lipinski definition) is 2. The first-order chi connectivity index (χ1) is 6.29. The SMILES string of the molecule is C=C(CC=O)C1CCCCN1CC. The minimum absolute atomic E-state index is 0.462. The van der Waals surface area contributed by atoms with Crippen LogP contribution in [0.1, 0.15) is 32.6 Å². The Labute approximate surface area is 80.6 Å². The van der Waals surface area contributed by atoms with Gasteiger partial charge in [-0.05, 0) is 25.9 Å². The van der Waals surface area contributed by atoms with Crippen LogP contribution < -0.4 is 0 Å². The molecule has 0 N–H and O–H groups in total. The molecule has 0 radical (unpaired) electrons. The predicted octanol–water partition coefficient (Wildman–Crippen LogP) is 2.01. The van der Waals surface area contributed by atoms with Gasteiger partial charge in [0, 0.05) is 12.5 Å². The molecule has 0 aromatic heterocycles. The minimum Gasteiger partial charge on any atom is -0.303 e. The van der Waals surface area contributed by atoms with Crippen LogP contribution in [0.25, 0.3) is 0 Å². The van der Waals surface area contributed by atoms with Crippen LogP contribution in [0.2, 0.25) is 0 Å². The van der Waals surface area contributed by atoms with Crippen molar-refractivity contribution in [2.24, 2.45) is 0 Å². The van der Waals surface area contributed by atoms with E-state index in [0.717, 1.165) is 18.4 Å². The molecule has 0 bridgehead atoms. The molecule has 1 rings (SSSR count). The first-order valence-electron chi connectivity index (χ1n) is 5.15. The lowest BCUT2D eigenvalue weighted by Gasteiger charge is -2.35. The lowest BCUT2D eigenvalue weighted by molar-refractivity contribution is -0.107. The number of carbonyl (C=O) groups is 1. The number of likely N-dealkylation sites (tertiary alicyclic amines) is 1. The van der Waals surface area contributed by atoms with Gasteiger partial charge in [-0.1, -0.05) is 25.5 Å². The molecule has 0 amide bonds. The largest absolute Gasteiger partial charge is 0.303 e. The summed E-state index contributed by atoms with van der Waals surface area (Å²) in [6, 6.07) is 0.462. The molecule has 0 aromatic carbocycles. The molecular formula is C11H19NO. The van der Waals surface area contributed by atoms with Crippen molar-refractivity contribution in [3.63, 3.8) is 0 Å². The normalized spacial score (nSPS) is 24.2. The monoisotopic (exact) mass is 181 g/mol. The summed E-state index contributed by atoms with van der Waals surface area (Å²) in [6.07, 6.45) is 5.24. The summed E-state index contributed by atoms with van der Waals surface area (Å²) in [5, 5.41) is 0. The second kappa shape index (κ2) is 5.18. The summed E-state index contributed by atoms with van der Waals surface area (Å²) in [4.78, 5) is 12.8. The molecule has 74 valence electrons. The van der Waals surface area contributed by atoms with E-state index in [4.69, 9.17) is 0 Å². The molecule has 2 heteroatoms. The summed E-state index contributed by atoms with van der Waals surface area (Å²) in [5.41, 5.74) is 1.09. The zero-order valence-corrected chi connectivity index (χ0v) is 8.46. The van der Waals surface area contributed by atoms with Crippen molar-refractivity contribution in [2.75, 3.05) is 13.1 Å². The van der Waals surface area contributed by atoms with Gasteiger partial charge < -0.3 is 4.79 Å². The van der Waals surface area contributed by atoms with Gasteiger partial charge in [0.05, 0.1) is 0 Å². The van der Waals surface area contributed by atoms with Gasteiger partial charge >= 0.3 is 0 Å². The van der Waals surface area contributed by atoms with Gasteiger partial charge in [0.25, 0.3) is 0 Å². The van der Waals surface area contributed by atoms with Gasteiger partial charge in [0.15, 0.2) is 0 Å². The Kier molecular flexibility index (Phi) is 4.16. The third-order valence-corrected chi connectivity index (χ3v) is 2.84. The molecule has 1 aliphatic heterocycles. The van der Waals surface area contributed by atoms with E-state index in [2.05, 4.69) is 18.4 Å². The molecule has 0 spiro atoms. The number of carbonyl (C=O) groups excluding carboxylic acids is 1. The Bertz CT molecular complexity index is 189. The molecule has 13 heavy (non-hydrogen) atoms. The van der Waals surface area contributed by atoms with E-state index in [1.807, 2.05) is 0 Å². The van der Waals surface area contributed by atoms with Crippen LogP contribution in [0.5, 0.6) is 0 Å². The molecule has 1 unspecified atom stereocenters. The highest BCUT2D eigenvalue weighted by atomic mass is 16.1. The molecule has 1 heterocycles. The zero-order chi connectivity index (χ0) is 9.68. The molecule has 2 nitrogen and oxygen atoms in total. The van der Waals surface area contributed by atoms with Crippen molar-refractivity contribution < 1.29 is 4.79 Å². The summed E-state index contributed by atoms with van der Waals surface area (Å²) in [5.74, 6) is 0. The molecule has 1 aliphatic rings. The highest BCUT2D eigenvalue weighted by molar-refractivity contribution is 5.54. The zero-order valence-electron chi connectivity index (χ0n) is 8.46. The fourth-order valence-corrected chi connectivity index (χ4v) is 2.07. The van der Waals surface area contributed by atoms with Gasteiger partial charge in [-0.3, -0.25) is 4.90 Å². The summed E-state index contributed by atoms with van der Waals surface area (Å²) >= 11 is 0. The minimum atomic E-state index is 0.462. The number of nitrogens with zero attached hydrogens (tertiary/aromatic N) is 1. The maximum absolute atomic E-state index is 10.4. The Balaban J connectivity index is 2.52. The lowest BCUT2D eigenvalue weighted by atomic mass is 9.95. The van der Waals surface area contributed by atoms with Crippen molar-refractivity contribution in [1.82, 2.24) is 4.90 Å². The number of hydrogen-bond donors (Lipinski definition) is 0. The van der Waals surface area contributed by atoms with E-state index in [1.165, 1.54) is 25.8 Å². The fourth-order valence-electron chi connectivity index (χ4n) is 2.07. The van der Waals surface area contributed by atoms with E-state index < -0.39 is 0 Å². The second-order valence-electron chi connectivity index (χ2n) is 3.67.